The molecule has 1 atom stereocenters. The minimum atomic E-state index is 0.0464. The number of nitrogens with zero attached hydrogens (tertiary/aromatic N) is 1. The van der Waals surface area contributed by atoms with Gasteiger partial charge < -0.3 is 11.1 Å². The topological polar surface area (TPSA) is 58.4 Å². The summed E-state index contributed by atoms with van der Waals surface area (Å²) in [6.45, 7) is 8.54. The Morgan fingerprint density at radius 3 is 2.67 bits per heavy atom. The molecule has 0 radical (unpaired) electrons. The molecule has 1 aromatic rings. The fourth-order valence-corrected chi connectivity index (χ4v) is 2.99. The Morgan fingerprint density at radius 1 is 1.38 bits per heavy atom. The quantitative estimate of drug-likeness (QED) is 0.890. The molecule has 4 heteroatoms. The van der Waals surface area contributed by atoms with Crippen LogP contribution in [0.15, 0.2) is 18.2 Å². The number of hydrogen-bond acceptors (Lipinski definition) is 3. The van der Waals surface area contributed by atoms with Gasteiger partial charge in [-0.3, -0.25) is 9.69 Å². The molecular weight excluding hydrogens is 262 g/mol. The van der Waals surface area contributed by atoms with Gasteiger partial charge >= 0.3 is 0 Å². The molecule has 1 aliphatic rings. The first-order valence-electron chi connectivity index (χ1n) is 7.80. The molecule has 1 fully saturated rings. The highest BCUT2D eigenvalue weighted by Crippen LogP contribution is 2.18. The van der Waals surface area contributed by atoms with Crippen molar-refractivity contribution in [3.05, 3.63) is 34.9 Å². The molecule has 1 unspecified atom stereocenters. The summed E-state index contributed by atoms with van der Waals surface area (Å²) in [5, 5.41) is 3.10. The van der Waals surface area contributed by atoms with Gasteiger partial charge in [-0.1, -0.05) is 23.8 Å². The maximum Gasteiger partial charge on any atom is 0.234 e. The van der Waals surface area contributed by atoms with Crippen molar-refractivity contribution in [3.8, 4) is 0 Å². The van der Waals surface area contributed by atoms with Gasteiger partial charge in [-0.2, -0.15) is 0 Å². The minimum absolute atomic E-state index is 0.0464. The Hall–Kier alpha value is -1.39. The average molecular weight is 289 g/mol. The van der Waals surface area contributed by atoms with Crippen LogP contribution in [0.2, 0.25) is 0 Å². The Morgan fingerprint density at radius 2 is 2.05 bits per heavy atom. The molecule has 1 saturated heterocycles. The SMILES string of the molecule is Cc1ccc(C(C)NC(=O)CN2CCC(N)CC2)c(C)c1. The van der Waals surface area contributed by atoms with E-state index in [1.165, 1.54) is 16.7 Å². The molecule has 0 spiro atoms. The predicted octanol–water partition coefficient (Wildman–Crippen LogP) is 1.90. The van der Waals surface area contributed by atoms with Gasteiger partial charge in [-0.05, 0) is 44.7 Å². The summed E-state index contributed by atoms with van der Waals surface area (Å²) >= 11 is 0. The summed E-state index contributed by atoms with van der Waals surface area (Å²) in [5.41, 5.74) is 9.55. The van der Waals surface area contributed by atoms with Gasteiger partial charge in [-0.15, -0.1) is 0 Å². The van der Waals surface area contributed by atoms with E-state index in [0.29, 0.717) is 12.6 Å². The first-order valence-corrected chi connectivity index (χ1v) is 7.80. The monoisotopic (exact) mass is 289 g/mol. The number of carbonyl (C=O) groups is 1. The van der Waals surface area contributed by atoms with E-state index >= 15 is 0 Å². The number of aryl methyl sites for hydroxylation is 2. The summed E-state index contributed by atoms with van der Waals surface area (Å²) in [4.78, 5) is 14.4. The number of piperidine rings is 1. The van der Waals surface area contributed by atoms with Gasteiger partial charge in [0.25, 0.3) is 0 Å². The van der Waals surface area contributed by atoms with E-state index in [-0.39, 0.29) is 11.9 Å². The van der Waals surface area contributed by atoms with Crippen molar-refractivity contribution in [2.75, 3.05) is 19.6 Å². The number of carbonyl (C=O) groups excluding carboxylic acids is 1. The van der Waals surface area contributed by atoms with Crippen LogP contribution in [0.4, 0.5) is 0 Å². The van der Waals surface area contributed by atoms with E-state index in [1.807, 2.05) is 6.92 Å². The van der Waals surface area contributed by atoms with Crippen molar-refractivity contribution in [2.24, 2.45) is 5.73 Å². The summed E-state index contributed by atoms with van der Waals surface area (Å²) in [5.74, 6) is 0.0953. The fraction of sp³-hybridized carbons (Fsp3) is 0.588. The molecule has 116 valence electrons. The zero-order valence-corrected chi connectivity index (χ0v) is 13.4. The van der Waals surface area contributed by atoms with Gasteiger partial charge in [0.05, 0.1) is 12.6 Å². The van der Waals surface area contributed by atoms with Crippen LogP contribution in [0.5, 0.6) is 0 Å². The number of nitrogens with two attached hydrogens (primary N) is 1. The van der Waals surface area contributed by atoms with Crippen molar-refractivity contribution < 1.29 is 4.79 Å². The van der Waals surface area contributed by atoms with Crippen molar-refractivity contribution in [2.45, 2.75) is 45.7 Å². The minimum Gasteiger partial charge on any atom is -0.348 e. The number of benzene rings is 1. The zero-order chi connectivity index (χ0) is 15.4. The maximum atomic E-state index is 12.2. The lowest BCUT2D eigenvalue weighted by molar-refractivity contribution is -0.123. The molecule has 21 heavy (non-hydrogen) atoms. The molecule has 3 N–H and O–H groups in total. The Balaban J connectivity index is 1.87. The highest BCUT2D eigenvalue weighted by Gasteiger charge is 2.19. The number of nitrogens with one attached hydrogen (secondary N) is 1. The Labute approximate surface area is 127 Å². The molecule has 0 aliphatic carbocycles. The third-order valence-electron chi connectivity index (χ3n) is 4.27. The van der Waals surface area contributed by atoms with Crippen LogP contribution in [0.25, 0.3) is 0 Å². The van der Waals surface area contributed by atoms with Gasteiger partial charge in [0, 0.05) is 19.1 Å². The second-order valence-corrected chi connectivity index (χ2v) is 6.26. The molecule has 2 rings (SSSR count). The lowest BCUT2D eigenvalue weighted by Crippen LogP contribution is -2.44. The number of likely N-dealkylation sites (tertiary alicyclic amines) is 1. The summed E-state index contributed by atoms with van der Waals surface area (Å²) in [6.07, 6.45) is 1.97. The van der Waals surface area contributed by atoms with Crippen LogP contribution in [-0.2, 0) is 4.79 Å². The largest absolute Gasteiger partial charge is 0.348 e. The summed E-state index contributed by atoms with van der Waals surface area (Å²) in [6, 6.07) is 6.71. The van der Waals surface area contributed by atoms with E-state index < -0.39 is 0 Å². The van der Waals surface area contributed by atoms with Crippen molar-refractivity contribution in [1.29, 1.82) is 0 Å². The lowest BCUT2D eigenvalue weighted by atomic mass is 10.0. The van der Waals surface area contributed by atoms with Crippen LogP contribution < -0.4 is 11.1 Å². The Bertz CT molecular complexity index is 493. The normalized spacial score (nSPS) is 18.5. The van der Waals surface area contributed by atoms with Crippen LogP contribution in [0, 0.1) is 13.8 Å². The molecule has 1 aliphatic heterocycles. The van der Waals surface area contributed by atoms with E-state index in [9.17, 15) is 4.79 Å². The summed E-state index contributed by atoms with van der Waals surface area (Å²) in [7, 11) is 0. The van der Waals surface area contributed by atoms with Gasteiger partial charge in [0.1, 0.15) is 0 Å². The second-order valence-electron chi connectivity index (χ2n) is 6.26. The smallest absolute Gasteiger partial charge is 0.234 e. The Kier molecular flexibility index (Phi) is 5.37. The standard InChI is InChI=1S/C17H27N3O/c1-12-4-5-16(13(2)10-12)14(3)19-17(21)11-20-8-6-15(18)7-9-20/h4-5,10,14-15H,6-9,11,18H2,1-3H3,(H,19,21). The van der Waals surface area contributed by atoms with Crippen LogP contribution in [-0.4, -0.2) is 36.5 Å². The third-order valence-corrected chi connectivity index (χ3v) is 4.27. The average Bonchev–Trinajstić information content (AvgIpc) is 2.41. The molecule has 1 heterocycles. The zero-order valence-electron chi connectivity index (χ0n) is 13.4. The van der Waals surface area contributed by atoms with Crippen LogP contribution >= 0.6 is 0 Å². The molecule has 0 saturated carbocycles. The highest BCUT2D eigenvalue weighted by molar-refractivity contribution is 5.78. The highest BCUT2D eigenvalue weighted by atomic mass is 16.2. The van der Waals surface area contributed by atoms with E-state index in [1.54, 1.807) is 0 Å². The number of hydrogen-bond donors (Lipinski definition) is 2. The second kappa shape index (κ2) is 7.05. The maximum absolute atomic E-state index is 12.2. The number of amides is 1. The third kappa shape index (κ3) is 4.55. The molecule has 0 bridgehead atoms. The van der Waals surface area contributed by atoms with E-state index in [4.69, 9.17) is 5.73 Å². The summed E-state index contributed by atoms with van der Waals surface area (Å²) < 4.78 is 0. The molecule has 0 aromatic heterocycles. The van der Waals surface area contributed by atoms with Crippen molar-refractivity contribution in [3.63, 3.8) is 0 Å². The van der Waals surface area contributed by atoms with Gasteiger partial charge in [0.2, 0.25) is 5.91 Å². The van der Waals surface area contributed by atoms with Gasteiger partial charge in [-0.25, -0.2) is 0 Å². The van der Waals surface area contributed by atoms with E-state index in [2.05, 4.69) is 42.3 Å². The van der Waals surface area contributed by atoms with E-state index in [0.717, 1.165) is 25.9 Å². The van der Waals surface area contributed by atoms with Gasteiger partial charge in [0.15, 0.2) is 0 Å². The van der Waals surface area contributed by atoms with Crippen molar-refractivity contribution in [1.82, 2.24) is 10.2 Å². The predicted molar refractivity (Wildman–Crippen MR) is 86.1 cm³/mol. The molecular formula is C17H27N3O. The molecule has 1 aromatic carbocycles. The fourth-order valence-electron chi connectivity index (χ4n) is 2.99. The number of rotatable bonds is 4. The van der Waals surface area contributed by atoms with Crippen LogP contribution in [0.1, 0.15) is 42.5 Å². The van der Waals surface area contributed by atoms with Crippen LogP contribution in [0.3, 0.4) is 0 Å². The first-order chi connectivity index (χ1) is 9.95. The molecule has 4 nitrogen and oxygen atoms in total. The first kappa shape index (κ1) is 16.0. The molecule has 1 amide bonds. The lowest BCUT2D eigenvalue weighted by Gasteiger charge is -2.30. The van der Waals surface area contributed by atoms with Crippen molar-refractivity contribution >= 4 is 5.91 Å².